The Kier molecular flexibility index (Phi) is 11.0. The van der Waals surface area contributed by atoms with Gasteiger partial charge in [-0.1, -0.05) is 231 Å². The summed E-state index contributed by atoms with van der Waals surface area (Å²) in [5.74, 6) is 0. The average Bonchev–Trinajstić information content (AvgIpc) is 3.42. The number of aromatic nitrogens is 2. The minimum Gasteiger partial charge on any atom is -0.248 e. The molecule has 0 N–H and O–H groups in total. The first-order valence-electron chi connectivity index (χ1n) is 22.5. The highest BCUT2D eigenvalue weighted by atomic mass is 14.7. The van der Waals surface area contributed by atoms with Crippen molar-refractivity contribution in [3.8, 4) is 112 Å². The van der Waals surface area contributed by atoms with Gasteiger partial charge in [0.2, 0.25) is 0 Å². The van der Waals surface area contributed by atoms with E-state index in [4.69, 9.17) is 9.97 Å². The van der Waals surface area contributed by atoms with Crippen LogP contribution in [0.15, 0.2) is 267 Å². The summed E-state index contributed by atoms with van der Waals surface area (Å²) in [7, 11) is 0. The van der Waals surface area contributed by atoms with Crippen LogP contribution < -0.4 is 0 Å². The fourth-order valence-electron chi connectivity index (χ4n) is 8.74. The predicted octanol–water partition coefficient (Wildman–Crippen LogP) is 17.1. The van der Waals surface area contributed by atoms with Crippen molar-refractivity contribution < 1.29 is 0 Å². The molecule has 0 spiro atoms. The van der Waals surface area contributed by atoms with Crippen molar-refractivity contribution in [2.45, 2.75) is 0 Å². The van der Waals surface area contributed by atoms with Gasteiger partial charge < -0.3 is 0 Å². The maximum absolute atomic E-state index is 5.14. The molecule has 9 aromatic carbocycles. The maximum atomic E-state index is 5.14. The minimum atomic E-state index is 0.954. The van der Waals surface area contributed by atoms with E-state index in [9.17, 15) is 0 Å². The topological polar surface area (TPSA) is 25.8 Å². The van der Waals surface area contributed by atoms with Crippen LogP contribution in [-0.2, 0) is 0 Å². The maximum Gasteiger partial charge on any atom is 0.0715 e. The molecule has 2 aromatic heterocycles. The molecule has 2 heteroatoms. The van der Waals surface area contributed by atoms with Gasteiger partial charge in [0, 0.05) is 22.3 Å². The monoisotopic (exact) mass is 840 g/mol. The molecule has 0 aliphatic rings. The summed E-state index contributed by atoms with van der Waals surface area (Å²) in [5.41, 5.74) is 22.3. The largest absolute Gasteiger partial charge is 0.248 e. The molecule has 0 radical (unpaired) electrons. The first-order chi connectivity index (χ1) is 32.7. The zero-order valence-electron chi connectivity index (χ0n) is 36.3. The van der Waals surface area contributed by atoms with Crippen molar-refractivity contribution >= 4 is 0 Å². The Bertz CT molecular complexity index is 3050. The van der Waals surface area contributed by atoms with Crippen molar-refractivity contribution in [1.82, 2.24) is 9.97 Å². The summed E-state index contributed by atoms with van der Waals surface area (Å²) >= 11 is 0. The summed E-state index contributed by atoms with van der Waals surface area (Å²) in [6.45, 7) is 0. The Labute approximate surface area is 386 Å². The lowest BCUT2D eigenvalue weighted by Gasteiger charge is -2.12. The molecule has 11 aromatic rings. The zero-order valence-corrected chi connectivity index (χ0v) is 36.3. The van der Waals surface area contributed by atoms with E-state index in [1.807, 2.05) is 18.2 Å². The van der Waals surface area contributed by atoms with Crippen molar-refractivity contribution in [3.63, 3.8) is 0 Å². The van der Waals surface area contributed by atoms with Crippen molar-refractivity contribution in [1.29, 1.82) is 0 Å². The first-order valence-corrected chi connectivity index (χ1v) is 22.5. The second kappa shape index (κ2) is 18.2. The van der Waals surface area contributed by atoms with Crippen molar-refractivity contribution in [3.05, 3.63) is 267 Å². The number of rotatable bonds is 10. The van der Waals surface area contributed by atoms with Crippen LogP contribution in [0, 0.1) is 0 Å². The second-order valence-corrected chi connectivity index (χ2v) is 16.6. The van der Waals surface area contributed by atoms with Crippen LogP contribution >= 0.6 is 0 Å². The van der Waals surface area contributed by atoms with Gasteiger partial charge in [-0.2, -0.15) is 0 Å². The third-order valence-electron chi connectivity index (χ3n) is 12.3. The Morgan fingerprint density at radius 3 is 0.621 bits per heavy atom. The van der Waals surface area contributed by atoms with Crippen LogP contribution in [0.4, 0.5) is 0 Å². The molecule has 11 rings (SSSR count). The summed E-state index contributed by atoms with van der Waals surface area (Å²) in [4.78, 5) is 10.2. The Balaban J connectivity index is 0.819. The fraction of sp³-hybridized carbons (Fsp3) is 0. The molecular formula is C64H44N2. The van der Waals surface area contributed by atoms with Gasteiger partial charge in [0.1, 0.15) is 0 Å². The summed E-state index contributed by atoms with van der Waals surface area (Å²) in [6, 6.07) is 94.8. The number of pyridine rings is 2. The number of hydrogen-bond donors (Lipinski definition) is 0. The molecule has 0 aliphatic heterocycles. The normalized spacial score (nSPS) is 11.0. The van der Waals surface area contributed by atoms with Crippen LogP contribution in [0.2, 0.25) is 0 Å². The molecule has 66 heavy (non-hydrogen) atoms. The van der Waals surface area contributed by atoms with Gasteiger partial charge in [-0.05, 0) is 103 Å². The van der Waals surface area contributed by atoms with Crippen molar-refractivity contribution in [2.75, 3.05) is 0 Å². The standard InChI is InChI=1S/C64H44N2/c1-5-15-45(16-6-1)59-41-61(51-17-7-2-8-18-51)66-64(42-59)54-37-35-49(36-38-54)58-26-14-24-56(40-58)47-29-27-46(28-30-47)55-23-13-25-57(39-55)48-31-33-50(34-32-48)60-43-62(52-19-9-3-10-20-52)65-63(44-60)53-21-11-4-12-22-53/h1-44H. The molecule has 0 amide bonds. The number of benzene rings is 9. The Morgan fingerprint density at radius 2 is 0.333 bits per heavy atom. The molecule has 2 heterocycles. The molecule has 0 fully saturated rings. The highest BCUT2D eigenvalue weighted by molar-refractivity contribution is 5.82. The Morgan fingerprint density at radius 1 is 0.136 bits per heavy atom. The summed E-state index contributed by atoms with van der Waals surface area (Å²) in [5, 5.41) is 0. The predicted molar refractivity (Wildman–Crippen MR) is 276 cm³/mol. The zero-order chi connectivity index (χ0) is 44.1. The highest BCUT2D eigenvalue weighted by Crippen LogP contribution is 2.36. The van der Waals surface area contributed by atoms with Gasteiger partial charge in [-0.25, -0.2) is 9.97 Å². The lowest BCUT2D eigenvalue weighted by molar-refractivity contribution is 1.32. The van der Waals surface area contributed by atoms with Gasteiger partial charge in [-0.3, -0.25) is 0 Å². The molecule has 0 saturated heterocycles. The molecule has 310 valence electrons. The molecular weight excluding hydrogens is 797 g/mol. The van der Waals surface area contributed by atoms with Gasteiger partial charge in [0.05, 0.1) is 22.8 Å². The van der Waals surface area contributed by atoms with E-state index < -0.39 is 0 Å². The third-order valence-corrected chi connectivity index (χ3v) is 12.3. The average molecular weight is 841 g/mol. The molecule has 0 saturated carbocycles. The fourth-order valence-corrected chi connectivity index (χ4v) is 8.74. The lowest BCUT2D eigenvalue weighted by atomic mass is 9.94. The SMILES string of the molecule is c1ccc(-c2cc(-c3ccccc3)nc(-c3ccc(-c4cccc(-c5ccc(-c6cccc(-c7ccc(-c8cc(-c9ccccc9)nc(-c9ccccc9)c8)cc7)c6)cc5)c4)cc3)c2)cc1. The van der Waals surface area contributed by atoms with Gasteiger partial charge >= 0.3 is 0 Å². The Hall–Kier alpha value is -8.72. The van der Waals surface area contributed by atoms with E-state index in [1.165, 1.54) is 50.1 Å². The second-order valence-electron chi connectivity index (χ2n) is 16.6. The van der Waals surface area contributed by atoms with Crippen LogP contribution in [0.25, 0.3) is 112 Å². The van der Waals surface area contributed by atoms with Crippen LogP contribution in [-0.4, -0.2) is 9.97 Å². The molecule has 0 aliphatic carbocycles. The quantitative estimate of drug-likeness (QED) is 0.137. The van der Waals surface area contributed by atoms with E-state index in [2.05, 4.69) is 249 Å². The highest BCUT2D eigenvalue weighted by Gasteiger charge is 2.12. The van der Waals surface area contributed by atoms with E-state index >= 15 is 0 Å². The molecule has 0 bridgehead atoms. The molecule has 0 atom stereocenters. The van der Waals surface area contributed by atoms with Gasteiger partial charge in [0.25, 0.3) is 0 Å². The minimum absolute atomic E-state index is 0.954. The molecule has 0 unspecified atom stereocenters. The smallest absolute Gasteiger partial charge is 0.0715 e. The van der Waals surface area contributed by atoms with E-state index in [1.54, 1.807) is 0 Å². The number of hydrogen-bond acceptors (Lipinski definition) is 2. The van der Waals surface area contributed by atoms with Gasteiger partial charge in [-0.15, -0.1) is 0 Å². The lowest BCUT2D eigenvalue weighted by Crippen LogP contribution is -1.91. The van der Waals surface area contributed by atoms with Crippen molar-refractivity contribution in [2.24, 2.45) is 0 Å². The third kappa shape index (κ3) is 8.64. The van der Waals surface area contributed by atoms with E-state index in [0.717, 1.165) is 61.7 Å². The number of nitrogens with zero attached hydrogens (tertiary/aromatic N) is 2. The first kappa shape index (κ1) is 40.1. The summed E-state index contributed by atoms with van der Waals surface area (Å²) < 4.78 is 0. The van der Waals surface area contributed by atoms with E-state index in [-0.39, 0.29) is 0 Å². The van der Waals surface area contributed by atoms with Crippen LogP contribution in [0.5, 0.6) is 0 Å². The van der Waals surface area contributed by atoms with Crippen LogP contribution in [0.3, 0.4) is 0 Å². The van der Waals surface area contributed by atoms with Crippen LogP contribution in [0.1, 0.15) is 0 Å². The molecule has 2 nitrogen and oxygen atoms in total. The van der Waals surface area contributed by atoms with E-state index in [0.29, 0.717) is 0 Å². The van der Waals surface area contributed by atoms with Gasteiger partial charge in [0.15, 0.2) is 0 Å². The summed E-state index contributed by atoms with van der Waals surface area (Å²) in [6.07, 6.45) is 0.